The first-order valence-electron chi connectivity index (χ1n) is 15.2. The molecule has 49 heavy (non-hydrogen) atoms. The van der Waals surface area contributed by atoms with E-state index in [9.17, 15) is 9.59 Å². The van der Waals surface area contributed by atoms with E-state index >= 15 is 0 Å². The highest BCUT2D eigenvalue weighted by Crippen LogP contribution is 2.44. The number of hydrogen-bond donors (Lipinski definition) is 2. The van der Waals surface area contributed by atoms with E-state index < -0.39 is 11.5 Å². The molecule has 0 radical (unpaired) electrons. The van der Waals surface area contributed by atoms with Gasteiger partial charge in [-0.15, -0.1) is 0 Å². The summed E-state index contributed by atoms with van der Waals surface area (Å²) in [5.41, 5.74) is 4.49. The zero-order valence-electron chi connectivity index (χ0n) is 26.8. The summed E-state index contributed by atoms with van der Waals surface area (Å²) in [5, 5.41) is 10.9. The van der Waals surface area contributed by atoms with Crippen molar-refractivity contribution in [2.45, 2.75) is 6.92 Å². The number of aryl methyl sites for hydroxylation is 1. The van der Waals surface area contributed by atoms with E-state index in [1.807, 2.05) is 62.8 Å². The van der Waals surface area contributed by atoms with Crippen LogP contribution in [-0.2, 0) is 11.8 Å². The number of fused-ring (bicyclic) bond motifs is 1. The van der Waals surface area contributed by atoms with Gasteiger partial charge in [0.2, 0.25) is 11.6 Å². The SMILES string of the molecule is CC=O.CNc1cccc(-c2c(-c3cnn(C)c3)oc3ncnc(Oc4ccc(NC(=O)c5cccn(-c6ccccc6)c5=O)cc4)c23)c1. The second kappa shape index (κ2) is 14.3. The van der Waals surface area contributed by atoms with E-state index in [0.29, 0.717) is 39.9 Å². The van der Waals surface area contributed by atoms with Crippen molar-refractivity contribution in [2.24, 2.45) is 7.05 Å². The van der Waals surface area contributed by atoms with E-state index in [-0.39, 0.29) is 5.56 Å². The number of para-hydroxylation sites is 1. The van der Waals surface area contributed by atoms with Crippen LogP contribution in [0.5, 0.6) is 11.6 Å². The molecule has 0 aliphatic heterocycles. The van der Waals surface area contributed by atoms with E-state index in [1.165, 1.54) is 23.9 Å². The summed E-state index contributed by atoms with van der Waals surface area (Å²) >= 11 is 0. The smallest absolute Gasteiger partial charge is 0.267 e. The highest BCUT2D eigenvalue weighted by atomic mass is 16.5. The fourth-order valence-corrected chi connectivity index (χ4v) is 5.21. The monoisotopic (exact) mass is 653 g/mol. The van der Waals surface area contributed by atoms with Crippen LogP contribution in [0.1, 0.15) is 17.3 Å². The van der Waals surface area contributed by atoms with Crippen molar-refractivity contribution < 1.29 is 18.7 Å². The van der Waals surface area contributed by atoms with Crippen molar-refractivity contribution in [1.82, 2.24) is 24.3 Å². The Labute approximate surface area is 280 Å². The van der Waals surface area contributed by atoms with Crippen molar-refractivity contribution in [3.63, 3.8) is 0 Å². The Kier molecular flexibility index (Phi) is 9.38. The Morgan fingerprint density at radius 1 is 0.918 bits per heavy atom. The highest BCUT2D eigenvalue weighted by Gasteiger charge is 2.24. The molecule has 244 valence electrons. The molecule has 0 unspecified atom stereocenters. The molecule has 0 aliphatic rings. The van der Waals surface area contributed by atoms with Gasteiger partial charge in [-0.25, -0.2) is 9.97 Å². The maximum atomic E-state index is 13.1. The minimum Gasteiger partial charge on any atom is -0.438 e. The average molecular weight is 654 g/mol. The number of anilines is 2. The lowest BCUT2D eigenvalue weighted by Crippen LogP contribution is -2.27. The number of nitrogens with zero attached hydrogens (tertiary/aromatic N) is 5. The average Bonchev–Trinajstić information content (AvgIpc) is 3.74. The third-order valence-corrected chi connectivity index (χ3v) is 7.41. The Balaban J connectivity index is 0.00000134. The van der Waals surface area contributed by atoms with Crippen LogP contribution in [-0.4, -0.2) is 43.6 Å². The highest BCUT2D eigenvalue weighted by molar-refractivity contribution is 6.04. The number of hydrogen-bond acceptors (Lipinski definition) is 9. The maximum Gasteiger partial charge on any atom is 0.267 e. The molecule has 7 rings (SSSR count). The van der Waals surface area contributed by atoms with Gasteiger partial charge in [0.25, 0.3) is 11.5 Å². The first-order chi connectivity index (χ1) is 23.9. The summed E-state index contributed by atoms with van der Waals surface area (Å²) in [6, 6.07) is 27.0. The molecule has 4 heterocycles. The molecular weight excluding hydrogens is 622 g/mol. The summed E-state index contributed by atoms with van der Waals surface area (Å²) < 4.78 is 15.7. The zero-order chi connectivity index (χ0) is 34.3. The number of furan rings is 1. The number of amides is 1. The largest absolute Gasteiger partial charge is 0.438 e. The molecule has 0 atom stereocenters. The Bertz CT molecular complexity index is 2310. The van der Waals surface area contributed by atoms with Crippen LogP contribution in [0.25, 0.3) is 39.2 Å². The van der Waals surface area contributed by atoms with Crippen LogP contribution < -0.4 is 20.9 Å². The van der Waals surface area contributed by atoms with Gasteiger partial charge in [0.05, 0.1) is 11.8 Å². The van der Waals surface area contributed by atoms with Crippen LogP contribution in [0.15, 0.2) is 125 Å². The zero-order valence-corrected chi connectivity index (χ0v) is 26.8. The van der Waals surface area contributed by atoms with Crippen molar-refractivity contribution in [2.75, 3.05) is 17.7 Å². The van der Waals surface area contributed by atoms with Crippen LogP contribution in [0, 0.1) is 0 Å². The fraction of sp³-hybridized carbons (Fsp3) is 0.0811. The van der Waals surface area contributed by atoms with Gasteiger partial charge < -0.3 is 24.6 Å². The van der Waals surface area contributed by atoms with E-state index in [2.05, 4.69) is 25.7 Å². The topological polar surface area (TPSA) is 146 Å². The molecular formula is C37H31N7O5. The molecule has 0 aliphatic carbocycles. The first-order valence-corrected chi connectivity index (χ1v) is 15.2. The number of pyridine rings is 1. The molecule has 0 saturated heterocycles. The molecule has 12 nitrogen and oxygen atoms in total. The number of benzene rings is 3. The van der Waals surface area contributed by atoms with Crippen molar-refractivity contribution in [3.05, 3.63) is 132 Å². The summed E-state index contributed by atoms with van der Waals surface area (Å²) in [5.74, 6) is 0.850. The van der Waals surface area contributed by atoms with Crippen LogP contribution in [0.2, 0.25) is 0 Å². The predicted molar refractivity (Wildman–Crippen MR) is 187 cm³/mol. The van der Waals surface area contributed by atoms with Gasteiger partial charge in [0, 0.05) is 49.1 Å². The minimum absolute atomic E-state index is 0.0225. The first kappa shape index (κ1) is 32.1. The van der Waals surface area contributed by atoms with Crippen LogP contribution >= 0.6 is 0 Å². The van der Waals surface area contributed by atoms with Crippen molar-refractivity contribution in [1.29, 1.82) is 0 Å². The number of rotatable bonds is 8. The molecule has 4 aromatic heterocycles. The number of carbonyl (C=O) groups excluding carboxylic acids is 2. The normalized spacial score (nSPS) is 10.6. The molecule has 0 spiro atoms. The summed E-state index contributed by atoms with van der Waals surface area (Å²) in [6.07, 6.45) is 7.37. The third-order valence-electron chi connectivity index (χ3n) is 7.41. The Morgan fingerprint density at radius 3 is 2.41 bits per heavy atom. The molecule has 1 amide bonds. The quantitative estimate of drug-likeness (QED) is 0.170. The molecule has 7 aromatic rings. The van der Waals surface area contributed by atoms with Gasteiger partial charge >= 0.3 is 0 Å². The molecule has 0 saturated carbocycles. The second-order valence-corrected chi connectivity index (χ2v) is 10.6. The van der Waals surface area contributed by atoms with Gasteiger partial charge in [-0.3, -0.25) is 18.8 Å². The van der Waals surface area contributed by atoms with Gasteiger partial charge in [-0.1, -0.05) is 30.3 Å². The summed E-state index contributed by atoms with van der Waals surface area (Å²) in [7, 11) is 3.70. The van der Waals surface area contributed by atoms with Crippen molar-refractivity contribution >= 4 is 34.7 Å². The lowest BCUT2D eigenvalue weighted by atomic mass is 10.0. The van der Waals surface area contributed by atoms with E-state index in [4.69, 9.17) is 13.9 Å². The fourth-order valence-electron chi connectivity index (χ4n) is 5.21. The van der Waals surface area contributed by atoms with Gasteiger partial charge in [0.1, 0.15) is 35.1 Å². The lowest BCUT2D eigenvalue weighted by Gasteiger charge is -2.10. The lowest BCUT2D eigenvalue weighted by molar-refractivity contribution is -0.106. The second-order valence-electron chi connectivity index (χ2n) is 10.6. The number of ether oxygens (including phenoxy) is 1. The van der Waals surface area contributed by atoms with Gasteiger partial charge in [-0.2, -0.15) is 5.10 Å². The van der Waals surface area contributed by atoms with Gasteiger partial charge in [0.15, 0.2) is 0 Å². The molecule has 2 N–H and O–H groups in total. The molecule has 3 aromatic carbocycles. The third kappa shape index (κ3) is 6.83. The predicted octanol–water partition coefficient (Wildman–Crippen LogP) is 6.73. The Morgan fingerprint density at radius 2 is 1.69 bits per heavy atom. The summed E-state index contributed by atoms with van der Waals surface area (Å²) in [4.78, 5) is 43.8. The number of aromatic nitrogens is 5. The Hall–Kier alpha value is -6.82. The standard InChI is InChI=1S/C35H27N7O4.C2H4O/c1-36-25-9-6-8-22(18-25)29-30-33(37-21-38-34(30)46-31(29)23-19-39-41(2)20-23)45-27-15-13-24(14-16-27)40-32(43)28-12-7-17-42(35(28)44)26-10-4-3-5-11-26;1-2-3/h3-21,36H,1-2H3,(H,40,43);2H,1H3. The number of nitrogens with one attached hydrogen (secondary N) is 2. The van der Waals surface area contributed by atoms with E-state index in [0.717, 1.165) is 28.7 Å². The molecule has 0 bridgehead atoms. The molecule has 12 heteroatoms. The minimum atomic E-state index is -0.517. The number of carbonyl (C=O) groups is 2. The van der Waals surface area contributed by atoms with Gasteiger partial charge in [-0.05, 0) is 73.2 Å². The van der Waals surface area contributed by atoms with E-state index in [1.54, 1.807) is 59.5 Å². The maximum absolute atomic E-state index is 13.1. The molecule has 0 fully saturated rings. The van der Waals surface area contributed by atoms with Crippen LogP contribution in [0.3, 0.4) is 0 Å². The summed E-state index contributed by atoms with van der Waals surface area (Å²) in [6.45, 7) is 1.44. The van der Waals surface area contributed by atoms with Crippen LogP contribution in [0.4, 0.5) is 11.4 Å². The number of aldehydes is 1. The van der Waals surface area contributed by atoms with Crippen molar-refractivity contribution in [3.8, 4) is 39.8 Å².